The molecule has 0 radical (unpaired) electrons. The van der Waals surface area contributed by atoms with E-state index in [2.05, 4.69) is 5.32 Å². The number of hydrogen-bond acceptors (Lipinski definition) is 1. The van der Waals surface area contributed by atoms with Gasteiger partial charge in [0, 0.05) is 6.54 Å². The summed E-state index contributed by atoms with van der Waals surface area (Å²) in [7, 11) is 1.97. The van der Waals surface area contributed by atoms with Crippen LogP contribution in [0.3, 0.4) is 0 Å². The van der Waals surface area contributed by atoms with Gasteiger partial charge in [-0.05, 0) is 67.3 Å². The van der Waals surface area contributed by atoms with Crippen molar-refractivity contribution in [2.75, 3.05) is 13.6 Å². The number of hydrogen-bond donors (Lipinski definition) is 1. The van der Waals surface area contributed by atoms with Gasteiger partial charge in [0.1, 0.15) is 11.6 Å². The minimum atomic E-state index is -0.335. The third-order valence-electron chi connectivity index (χ3n) is 4.37. The van der Waals surface area contributed by atoms with Gasteiger partial charge in [-0.25, -0.2) is 8.78 Å². The molecule has 3 fully saturated rings. The summed E-state index contributed by atoms with van der Waals surface area (Å²) in [6, 6.07) is 3.77. The summed E-state index contributed by atoms with van der Waals surface area (Å²) in [5.41, 5.74) is 1.28. The highest BCUT2D eigenvalue weighted by Crippen LogP contribution is 2.74. The van der Waals surface area contributed by atoms with Crippen LogP contribution in [0.4, 0.5) is 8.78 Å². The molecule has 0 unspecified atom stereocenters. The predicted molar refractivity (Wildman–Crippen MR) is 62.7 cm³/mol. The molecule has 1 aromatic rings. The summed E-state index contributed by atoms with van der Waals surface area (Å²) in [6.45, 7) is 1.06. The van der Waals surface area contributed by atoms with Crippen LogP contribution in [0.1, 0.15) is 24.8 Å². The molecule has 3 aliphatic carbocycles. The molecule has 0 aliphatic heterocycles. The number of halogens is 2. The second kappa shape index (κ2) is 3.52. The Labute approximate surface area is 100 Å². The molecule has 17 heavy (non-hydrogen) atoms. The van der Waals surface area contributed by atoms with Gasteiger partial charge in [0.15, 0.2) is 0 Å². The van der Waals surface area contributed by atoms with Gasteiger partial charge in [0.25, 0.3) is 0 Å². The minimum Gasteiger partial charge on any atom is -0.319 e. The SMILES string of the molecule is CNCC12CC(Cc3cc(F)ccc3F)(C1)C2. The van der Waals surface area contributed by atoms with Crippen molar-refractivity contribution >= 4 is 0 Å². The van der Waals surface area contributed by atoms with Crippen molar-refractivity contribution in [1.29, 1.82) is 0 Å². The topological polar surface area (TPSA) is 12.0 Å². The van der Waals surface area contributed by atoms with E-state index in [1.807, 2.05) is 7.05 Å². The van der Waals surface area contributed by atoms with Gasteiger partial charge in [-0.3, -0.25) is 0 Å². The predicted octanol–water partition coefficient (Wildman–Crippen LogP) is 2.90. The van der Waals surface area contributed by atoms with E-state index >= 15 is 0 Å². The molecule has 0 atom stereocenters. The van der Waals surface area contributed by atoms with Crippen molar-refractivity contribution in [3.63, 3.8) is 0 Å². The number of rotatable bonds is 4. The van der Waals surface area contributed by atoms with E-state index < -0.39 is 0 Å². The molecule has 2 bridgehead atoms. The van der Waals surface area contributed by atoms with Crippen molar-refractivity contribution in [3.05, 3.63) is 35.4 Å². The standard InChI is InChI=1S/C14H17F2N/c1-17-9-14-6-13(7-14,8-14)5-10-4-11(15)2-3-12(10)16/h2-4,17H,5-9H2,1H3. The maximum absolute atomic E-state index is 13.5. The molecule has 1 aromatic carbocycles. The van der Waals surface area contributed by atoms with E-state index in [0.717, 1.165) is 25.8 Å². The van der Waals surface area contributed by atoms with E-state index in [1.165, 1.54) is 18.2 Å². The quantitative estimate of drug-likeness (QED) is 0.849. The maximum atomic E-state index is 13.5. The van der Waals surface area contributed by atoms with Gasteiger partial charge < -0.3 is 5.32 Å². The first-order valence-corrected chi connectivity index (χ1v) is 6.15. The average Bonchev–Trinajstić information content (AvgIpc) is 2.18. The molecule has 1 N–H and O–H groups in total. The first kappa shape index (κ1) is 11.1. The molecule has 0 spiro atoms. The monoisotopic (exact) mass is 237 g/mol. The smallest absolute Gasteiger partial charge is 0.126 e. The van der Waals surface area contributed by atoms with Gasteiger partial charge in [-0.1, -0.05) is 0 Å². The first-order chi connectivity index (χ1) is 8.06. The number of nitrogens with one attached hydrogen (secondary N) is 1. The molecule has 1 nitrogen and oxygen atoms in total. The zero-order valence-corrected chi connectivity index (χ0v) is 10.0. The molecule has 4 rings (SSSR count). The molecule has 0 amide bonds. The molecule has 3 saturated carbocycles. The zero-order chi connectivity index (χ0) is 12.1. The van der Waals surface area contributed by atoms with Crippen LogP contribution in [-0.4, -0.2) is 13.6 Å². The van der Waals surface area contributed by atoms with Gasteiger partial charge >= 0.3 is 0 Å². The van der Waals surface area contributed by atoms with Crippen molar-refractivity contribution < 1.29 is 8.78 Å². The number of benzene rings is 1. The summed E-state index contributed by atoms with van der Waals surface area (Å²) in [6.07, 6.45) is 4.19. The van der Waals surface area contributed by atoms with Crippen LogP contribution in [0.15, 0.2) is 18.2 Å². The van der Waals surface area contributed by atoms with Crippen molar-refractivity contribution in [2.45, 2.75) is 25.7 Å². The molecular formula is C14H17F2N. The summed E-state index contributed by atoms with van der Waals surface area (Å²) < 4.78 is 26.6. The van der Waals surface area contributed by atoms with Crippen LogP contribution in [0.5, 0.6) is 0 Å². The Morgan fingerprint density at radius 1 is 1.18 bits per heavy atom. The van der Waals surface area contributed by atoms with Crippen LogP contribution in [-0.2, 0) is 6.42 Å². The van der Waals surface area contributed by atoms with E-state index in [9.17, 15) is 8.78 Å². The third-order valence-corrected chi connectivity index (χ3v) is 4.37. The fraction of sp³-hybridized carbons (Fsp3) is 0.571. The summed E-state index contributed by atoms with van der Waals surface area (Å²) >= 11 is 0. The van der Waals surface area contributed by atoms with E-state index in [1.54, 1.807) is 0 Å². The lowest BCUT2D eigenvalue weighted by molar-refractivity contribution is -0.198. The maximum Gasteiger partial charge on any atom is 0.126 e. The van der Waals surface area contributed by atoms with Crippen LogP contribution >= 0.6 is 0 Å². The highest BCUT2D eigenvalue weighted by molar-refractivity contribution is 5.26. The minimum absolute atomic E-state index is 0.265. The summed E-state index contributed by atoms with van der Waals surface area (Å²) in [5.74, 6) is -0.600. The van der Waals surface area contributed by atoms with Crippen molar-refractivity contribution in [3.8, 4) is 0 Å². The molecule has 0 heterocycles. The van der Waals surface area contributed by atoms with E-state index in [4.69, 9.17) is 0 Å². The Balaban J connectivity index is 1.68. The molecule has 3 aliphatic rings. The Hall–Kier alpha value is -0.960. The van der Waals surface area contributed by atoms with Gasteiger partial charge in [0.05, 0.1) is 0 Å². The second-order valence-corrected chi connectivity index (χ2v) is 5.97. The highest BCUT2D eigenvalue weighted by atomic mass is 19.1. The van der Waals surface area contributed by atoms with Crippen molar-refractivity contribution in [2.24, 2.45) is 10.8 Å². The van der Waals surface area contributed by atoms with E-state index in [-0.39, 0.29) is 17.0 Å². The third kappa shape index (κ3) is 1.68. The lowest BCUT2D eigenvalue weighted by atomic mass is 9.34. The second-order valence-electron chi connectivity index (χ2n) is 5.97. The fourth-order valence-corrected chi connectivity index (χ4v) is 4.06. The largest absolute Gasteiger partial charge is 0.319 e. The zero-order valence-electron chi connectivity index (χ0n) is 10.0. The Kier molecular flexibility index (Phi) is 2.31. The van der Waals surface area contributed by atoms with Gasteiger partial charge in [-0.2, -0.15) is 0 Å². The summed E-state index contributed by atoms with van der Waals surface area (Å²) in [4.78, 5) is 0. The van der Waals surface area contributed by atoms with Crippen LogP contribution in [0.25, 0.3) is 0 Å². The summed E-state index contributed by atoms with van der Waals surface area (Å²) in [5, 5.41) is 3.22. The average molecular weight is 237 g/mol. The molecule has 0 aromatic heterocycles. The van der Waals surface area contributed by atoms with Crippen LogP contribution in [0.2, 0.25) is 0 Å². The van der Waals surface area contributed by atoms with Crippen LogP contribution < -0.4 is 5.32 Å². The Morgan fingerprint density at radius 2 is 1.88 bits per heavy atom. The Morgan fingerprint density at radius 3 is 2.53 bits per heavy atom. The van der Waals surface area contributed by atoms with Crippen molar-refractivity contribution in [1.82, 2.24) is 5.32 Å². The Bertz CT molecular complexity index is 436. The van der Waals surface area contributed by atoms with Gasteiger partial charge in [0.2, 0.25) is 0 Å². The molecule has 3 heteroatoms. The lowest BCUT2D eigenvalue weighted by Gasteiger charge is -2.71. The highest BCUT2D eigenvalue weighted by Gasteiger charge is 2.66. The van der Waals surface area contributed by atoms with Gasteiger partial charge in [-0.15, -0.1) is 0 Å². The fourth-order valence-electron chi connectivity index (χ4n) is 4.06. The van der Waals surface area contributed by atoms with Crippen LogP contribution in [0, 0.1) is 22.5 Å². The normalized spacial score (nSPS) is 34.1. The molecule has 92 valence electrons. The molecular weight excluding hydrogens is 220 g/mol. The lowest BCUT2D eigenvalue weighted by Crippen LogP contribution is -2.65. The van der Waals surface area contributed by atoms with E-state index in [0.29, 0.717) is 17.4 Å². The first-order valence-electron chi connectivity index (χ1n) is 6.15. The molecule has 0 saturated heterocycles.